The number of methoxy groups -OCH3 is 1. The second-order valence-electron chi connectivity index (χ2n) is 5.40. The molecule has 0 aromatic heterocycles. The van der Waals surface area contributed by atoms with Crippen LogP contribution in [0.1, 0.15) is 38.5 Å². The van der Waals surface area contributed by atoms with E-state index in [1.54, 1.807) is 7.11 Å². The first-order valence-corrected chi connectivity index (χ1v) is 8.69. The number of ether oxygens (including phenoxy) is 1. The molecule has 20 heavy (non-hydrogen) atoms. The third kappa shape index (κ3) is 3.83. The van der Waals surface area contributed by atoms with Gasteiger partial charge >= 0.3 is 0 Å². The molecule has 0 saturated heterocycles. The lowest BCUT2D eigenvalue weighted by Crippen LogP contribution is -2.41. The highest BCUT2D eigenvalue weighted by atomic mass is 32.2. The van der Waals surface area contributed by atoms with Crippen molar-refractivity contribution in [2.45, 2.75) is 54.7 Å². The Morgan fingerprint density at radius 3 is 2.35 bits per heavy atom. The minimum Gasteiger partial charge on any atom is -0.497 e. The highest BCUT2D eigenvalue weighted by Gasteiger charge is 2.27. The van der Waals surface area contributed by atoms with Crippen molar-refractivity contribution in [2.75, 3.05) is 14.2 Å². The van der Waals surface area contributed by atoms with Gasteiger partial charge < -0.3 is 10.1 Å². The molecule has 0 aliphatic heterocycles. The van der Waals surface area contributed by atoms with Crippen molar-refractivity contribution in [3.8, 4) is 5.75 Å². The monoisotopic (exact) mass is 295 g/mol. The van der Waals surface area contributed by atoms with E-state index in [0.717, 1.165) is 23.5 Å². The zero-order chi connectivity index (χ0) is 14.4. The van der Waals surface area contributed by atoms with Crippen molar-refractivity contribution in [1.29, 1.82) is 0 Å². The molecule has 4 heteroatoms. The molecule has 1 aliphatic rings. The van der Waals surface area contributed by atoms with Gasteiger partial charge in [-0.3, -0.25) is 4.21 Å². The normalized spacial score (nSPS) is 25.5. The average molecular weight is 295 g/mol. The quantitative estimate of drug-likeness (QED) is 0.927. The molecule has 112 valence electrons. The summed E-state index contributed by atoms with van der Waals surface area (Å²) >= 11 is 0. The van der Waals surface area contributed by atoms with Crippen molar-refractivity contribution in [3.63, 3.8) is 0 Å². The van der Waals surface area contributed by atoms with E-state index in [2.05, 4.69) is 5.32 Å². The lowest BCUT2D eigenvalue weighted by molar-refractivity contribution is 0.413. The van der Waals surface area contributed by atoms with Crippen LogP contribution in [0, 0.1) is 0 Å². The summed E-state index contributed by atoms with van der Waals surface area (Å²) in [5, 5.41) is 3.59. The molecule has 1 aromatic carbocycles. The van der Waals surface area contributed by atoms with E-state index in [1.807, 2.05) is 31.3 Å². The van der Waals surface area contributed by atoms with Gasteiger partial charge in [-0.2, -0.15) is 0 Å². The summed E-state index contributed by atoms with van der Waals surface area (Å²) < 4.78 is 18.0. The van der Waals surface area contributed by atoms with Crippen molar-refractivity contribution < 1.29 is 8.95 Å². The van der Waals surface area contributed by atoms with Crippen LogP contribution in [0.3, 0.4) is 0 Å². The molecule has 1 fully saturated rings. The summed E-state index contributed by atoms with van der Waals surface area (Å²) in [4.78, 5) is 0.914. The van der Waals surface area contributed by atoms with Crippen LogP contribution in [0.5, 0.6) is 5.75 Å². The fourth-order valence-corrected chi connectivity index (χ4v) is 4.63. The Morgan fingerprint density at radius 2 is 1.75 bits per heavy atom. The SMILES string of the molecule is CNC1CCCCCCC1S(=O)c1ccc(OC)cc1. The summed E-state index contributed by atoms with van der Waals surface area (Å²) in [6.45, 7) is 0. The number of rotatable bonds is 4. The Kier molecular flexibility index (Phi) is 6.05. The maximum Gasteiger partial charge on any atom is 0.118 e. The largest absolute Gasteiger partial charge is 0.497 e. The van der Waals surface area contributed by atoms with E-state index in [-0.39, 0.29) is 5.25 Å². The molecule has 0 amide bonds. The Balaban J connectivity index is 2.14. The highest BCUT2D eigenvalue weighted by molar-refractivity contribution is 7.85. The van der Waals surface area contributed by atoms with Crippen LogP contribution in [-0.4, -0.2) is 29.7 Å². The van der Waals surface area contributed by atoms with Gasteiger partial charge in [0.15, 0.2) is 0 Å². The van der Waals surface area contributed by atoms with Crippen LogP contribution in [0.15, 0.2) is 29.2 Å². The topological polar surface area (TPSA) is 38.3 Å². The van der Waals surface area contributed by atoms with Crippen LogP contribution in [0.4, 0.5) is 0 Å². The fourth-order valence-electron chi connectivity index (χ4n) is 2.92. The first-order valence-electron chi connectivity index (χ1n) is 7.48. The van der Waals surface area contributed by atoms with E-state index < -0.39 is 10.8 Å². The molecule has 2 rings (SSSR count). The summed E-state index contributed by atoms with van der Waals surface area (Å²) in [5.41, 5.74) is 0. The number of nitrogens with one attached hydrogen (secondary N) is 1. The third-order valence-electron chi connectivity index (χ3n) is 4.14. The summed E-state index contributed by atoms with van der Waals surface area (Å²) in [5.74, 6) is 0.814. The molecule has 3 atom stereocenters. The Morgan fingerprint density at radius 1 is 1.10 bits per heavy atom. The molecule has 1 N–H and O–H groups in total. The molecule has 0 radical (unpaired) electrons. The average Bonchev–Trinajstić information content (AvgIpc) is 2.47. The standard InChI is InChI=1S/C16H25NO2S/c1-17-15-7-5-3-4-6-8-16(15)20(18)14-11-9-13(19-2)10-12-14/h9-12,15-17H,3-8H2,1-2H3. The van der Waals surface area contributed by atoms with Gasteiger partial charge in [-0.15, -0.1) is 0 Å². The van der Waals surface area contributed by atoms with Crippen LogP contribution < -0.4 is 10.1 Å². The van der Waals surface area contributed by atoms with Crippen molar-refractivity contribution in [1.82, 2.24) is 5.32 Å². The predicted octanol–water partition coefficient (Wildman–Crippen LogP) is 3.11. The van der Waals surface area contributed by atoms with Crippen LogP contribution in [-0.2, 0) is 10.8 Å². The number of hydrogen-bond donors (Lipinski definition) is 1. The first kappa shape index (κ1) is 15.5. The zero-order valence-corrected chi connectivity index (χ0v) is 13.2. The summed E-state index contributed by atoms with van der Waals surface area (Å²) in [6, 6.07) is 8.01. The predicted molar refractivity (Wildman–Crippen MR) is 83.7 cm³/mol. The minimum atomic E-state index is -0.947. The van der Waals surface area contributed by atoms with Gasteiger partial charge in [-0.25, -0.2) is 0 Å². The Labute approximate surface area is 124 Å². The lowest BCUT2D eigenvalue weighted by atomic mass is 9.96. The number of hydrogen-bond acceptors (Lipinski definition) is 3. The Hall–Kier alpha value is -0.870. The zero-order valence-electron chi connectivity index (χ0n) is 12.4. The van der Waals surface area contributed by atoms with E-state index in [4.69, 9.17) is 4.74 Å². The maximum atomic E-state index is 12.9. The van der Waals surface area contributed by atoms with Gasteiger partial charge in [0, 0.05) is 10.9 Å². The molecule has 3 unspecified atom stereocenters. The van der Waals surface area contributed by atoms with Gasteiger partial charge in [0.1, 0.15) is 5.75 Å². The maximum absolute atomic E-state index is 12.9. The smallest absolute Gasteiger partial charge is 0.118 e. The van der Waals surface area contributed by atoms with Crippen LogP contribution in [0.25, 0.3) is 0 Å². The minimum absolute atomic E-state index is 0.216. The fraction of sp³-hybridized carbons (Fsp3) is 0.625. The van der Waals surface area contributed by atoms with Gasteiger partial charge in [0.25, 0.3) is 0 Å². The third-order valence-corrected chi connectivity index (χ3v) is 5.99. The van der Waals surface area contributed by atoms with Crippen molar-refractivity contribution in [3.05, 3.63) is 24.3 Å². The molecular formula is C16H25NO2S. The summed E-state index contributed by atoms with van der Waals surface area (Å²) in [7, 11) is 2.69. The highest BCUT2D eigenvalue weighted by Crippen LogP contribution is 2.26. The van der Waals surface area contributed by atoms with Gasteiger partial charge in [-0.1, -0.05) is 25.7 Å². The molecule has 1 aromatic rings. The number of benzene rings is 1. The molecule has 3 nitrogen and oxygen atoms in total. The molecule has 1 aliphatic carbocycles. The van der Waals surface area contributed by atoms with Crippen LogP contribution in [0.2, 0.25) is 0 Å². The van der Waals surface area contributed by atoms with E-state index >= 15 is 0 Å². The van der Waals surface area contributed by atoms with Crippen LogP contribution >= 0.6 is 0 Å². The van der Waals surface area contributed by atoms with Crippen molar-refractivity contribution >= 4 is 10.8 Å². The van der Waals surface area contributed by atoms with Crippen molar-refractivity contribution in [2.24, 2.45) is 0 Å². The van der Waals surface area contributed by atoms with E-state index in [1.165, 1.54) is 25.7 Å². The molecule has 0 heterocycles. The molecule has 0 spiro atoms. The Bertz CT molecular complexity index is 433. The lowest BCUT2D eigenvalue weighted by Gasteiger charge is -2.28. The van der Waals surface area contributed by atoms with Gasteiger partial charge in [-0.05, 0) is 44.2 Å². The second-order valence-corrected chi connectivity index (χ2v) is 7.07. The van der Waals surface area contributed by atoms with E-state index in [0.29, 0.717) is 6.04 Å². The molecule has 0 bridgehead atoms. The summed E-state index contributed by atoms with van der Waals surface area (Å²) in [6.07, 6.45) is 7.17. The van der Waals surface area contributed by atoms with Gasteiger partial charge in [0.2, 0.25) is 0 Å². The molecular weight excluding hydrogens is 270 g/mol. The van der Waals surface area contributed by atoms with Gasteiger partial charge in [0.05, 0.1) is 23.2 Å². The van der Waals surface area contributed by atoms with E-state index in [9.17, 15) is 4.21 Å². The first-order chi connectivity index (χ1) is 9.76. The second kappa shape index (κ2) is 7.79. The molecule has 1 saturated carbocycles.